The van der Waals surface area contributed by atoms with Crippen LogP contribution in [0.4, 0.5) is 0 Å². The van der Waals surface area contributed by atoms with Crippen LogP contribution in [0, 0.1) is 11.8 Å². The van der Waals surface area contributed by atoms with Gasteiger partial charge in [-0.15, -0.1) is 0 Å². The van der Waals surface area contributed by atoms with Gasteiger partial charge >= 0.3 is 0 Å². The van der Waals surface area contributed by atoms with E-state index in [9.17, 15) is 4.79 Å². The largest absolute Gasteiger partial charge is 0.345 e. The second-order valence-electron chi connectivity index (χ2n) is 6.52. The Kier molecular flexibility index (Phi) is 4.31. The minimum absolute atomic E-state index is 0.0821. The fraction of sp³-hybridized carbons (Fsp3) is 0.933. The molecule has 1 amide bonds. The highest BCUT2D eigenvalue weighted by molar-refractivity contribution is 5.77. The summed E-state index contributed by atoms with van der Waals surface area (Å²) >= 11 is 0. The van der Waals surface area contributed by atoms with Crippen LogP contribution in [0.5, 0.6) is 0 Å². The first kappa shape index (κ1) is 13.9. The molecular formula is C15H28N2O. The maximum atomic E-state index is 12.3. The molecule has 0 aromatic carbocycles. The van der Waals surface area contributed by atoms with Crippen LogP contribution >= 0.6 is 0 Å². The summed E-state index contributed by atoms with van der Waals surface area (Å²) in [6.07, 6.45) is 8.14. The van der Waals surface area contributed by atoms with Gasteiger partial charge in [0.1, 0.15) is 0 Å². The van der Waals surface area contributed by atoms with Crippen LogP contribution in [-0.2, 0) is 4.79 Å². The molecule has 2 saturated carbocycles. The van der Waals surface area contributed by atoms with Crippen molar-refractivity contribution in [3.63, 3.8) is 0 Å². The minimum atomic E-state index is 0.0821. The molecule has 0 heterocycles. The number of amides is 1. The molecule has 0 radical (unpaired) electrons. The molecule has 1 N–H and O–H groups in total. The molecule has 2 rings (SSSR count). The maximum absolute atomic E-state index is 12.3. The molecule has 104 valence electrons. The monoisotopic (exact) mass is 252 g/mol. The standard InChI is InChI=1S/C15H28N2O/c1-12-9-13(12)11-17(3)14(18)10-15(16-2)7-5-4-6-8-15/h12-13,16H,4-11H2,1-3H3. The Balaban J connectivity index is 1.84. The van der Waals surface area contributed by atoms with Crippen LogP contribution < -0.4 is 5.32 Å². The Labute approximate surface area is 111 Å². The van der Waals surface area contributed by atoms with E-state index in [1.165, 1.54) is 25.7 Å². The second-order valence-corrected chi connectivity index (χ2v) is 6.52. The van der Waals surface area contributed by atoms with Crippen LogP contribution in [0.1, 0.15) is 51.9 Å². The summed E-state index contributed by atoms with van der Waals surface area (Å²) in [5, 5.41) is 3.43. The molecule has 2 fully saturated rings. The topological polar surface area (TPSA) is 32.3 Å². The van der Waals surface area contributed by atoms with E-state index >= 15 is 0 Å². The van der Waals surface area contributed by atoms with Gasteiger partial charge in [-0.2, -0.15) is 0 Å². The lowest BCUT2D eigenvalue weighted by atomic mass is 9.79. The molecule has 2 aliphatic carbocycles. The molecule has 0 aliphatic heterocycles. The van der Waals surface area contributed by atoms with Crippen LogP contribution in [0.25, 0.3) is 0 Å². The maximum Gasteiger partial charge on any atom is 0.224 e. The predicted molar refractivity (Wildman–Crippen MR) is 74.4 cm³/mol. The lowest BCUT2D eigenvalue weighted by Gasteiger charge is -2.37. The van der Waals surface area contributed by atoms with Crippen LogP contribution in [-0.4, -0.2) is 37.0 Å². The zero-order valence-electron chi connectivity index (χ0n) is 12.2. The van der Waals surface area contributed by atoms with Crippen molar-refractivity contribution in [2.24, 2.45) is 11.8 Å². The molecule has 3 heteroatoms. The van der Waals surface area contributed by atoms with Crippen molar-refractivity contribution in [2.75, 3.05) is 20.6 Å². The molecule has 0 bridgehead atoms. The van der Waals surface area contributed by atoms with Gasteiger partial charge in [0, 0.05) is 25.6 Å². The second kappa shape index (κ2) is 5.60. The van der Waals surface area contributed by atoms with Gasteiger partial charge in [0.05, 0.1) is 0 Å². The number of hydrogen-bond acceptors (Lipinski definition) is 2. The number of hydrogen-bond donors (Lipinski definition) is 1. The third-order valence-corrected chi connectivity index (χ3v) is 5.04. The van der Waals surface area contributed by atoms with Gasteiger partial charge in [-0.1, -0.05) is 26.2 Å². The summed E-state index contributed by atoms with van der Waals surface area (Å²) in [5.74, 6) is 1.91. The van der Waals surface area contributed by atoms with Crippen molar-refractivity contribution in [1.82, 2.24) is 10.2 Å². The average Bonchev–Trinajstić information content (AvgIpc) is 3.06. The SMILES string of the molecule is CNC1(CC(=O)N(C)CC2CC2C)CCCCC1. The zero-order valence-corrected chi connectivity index (χ0v) is 12.2. The molecule has 2 aliphatic rings. The number of nitrogens with zero attached hydrogens (tertiary/aromatic N) is 1. The van der Waals surface area contributed by atoms with E-state index in [2.05, 4.69) is 12.2 Å². The Morgan fingerprint density at radius 1 is 1.33 bits per heavy atom. The average molecular weight is 252 g/mol. The predicted octanol–water partition coefficient (Wildman–Crippen LogP) is 2.41. The molecule has 2 atom stereocenters. The van der Waals surface area contributed by atoms with E-state index in [4.69, 9.17) is 0 Å². The lowest BCUT2D eigenvalue weighted by molar-refractivity contribution is -0.132. The normalized spacial score (nSPS) is 29.9. The third kappa shape index (κ3) is 3.25. The lowest BCUT2D eigenvalue weighted by Crippen LogP contribution is -2.48. The first-order valence-corrected chi connectivity index (χ1v) is 7.49. The molecule has 3 nitrogen and oxygen atoms in total. The van der Waals surface area contributed by atoms with Crippen LogP contribution in [0.3, 0.4) is 0 Å². The summed E-state index contributed by atoms with van der Waals surface area (Å²) in [4.78, 5) is 14.3. The highest BCUT2D eigenvalue weighted by Crippen LogP contribution is 2.38. The van der Waals surface area contributed by atoms with E-state index in [1.54, 1.807) is 0 Å². The van der Waals surface area contributed by atoms with Crippen molar-refractivity contribution >= 4 is 5.91 Å². The van der Waals surface area contributed by atoms with Gasteiger partial charge in [-0.05, 0) is 38.1 Å². The van der Waals surface area contributed by atoms with Crippen LogP contribution in [0.15, 0.2) is 0 Å². The highest BCUT2D eigenvalue weighted by atomic mass is 16.2. The third-order valence-electron chi connectivity index (χ3n) is 5.04. The Morgan fingerprint density at radius 3 is 2.44 bits per heavy atom. The molecular weight excluding hydrogens is 224 g/mol. The summed E-state index contributed by atoms with van der Waals surface area (Å²) in [7, 11) is 3.99. The van der Waals surface area contributed by atoms with Gasteiger partial charge in [0.2, 0.25) is 5.91 Å². The molecule has 18 heavy (non-hydrogen) atoms. The minimum Gasteiger partial charge on any atom is -0.345 e. The number of nitrogens with one attached hydrogen (secondary N) is 1. The van der Waals surface area contributed by atoms with Crippen molar-refractivity contribution in [1.29, 1.82) is 0 Å². The molecule has 2 unspecified atom stereocenters. The number of carbonyl (C=O) groups is 1. The smallest absolute Gasteiger partial charge is 0.224 e. The molecule has 0 aromatic rings. The van der Waals surface area contributed by atoms with Gasteiger partial charge in [-0.3, -0.25) is 4.79 Å². The molecule has 0 saturated heterocycles. The van der Waals surface area contributed by atoms with Crippen molar-refractivity contribution in [3.8, 4) is 0 Å². The van der Waals surface area contributed by atoms with Crippen molar-refractivity contribution in [3.05, 3.63) is 0 Å². The van der Waals surface area contributed by atoms with Crippen LogP contribution in [0.2, 0.25) is 0 Å². The Hall–Kier alpha value is -0.570. The van der Waals surface area contributed by atoms with Gasteiger partial charge in [0.15, 0.2) is 0 Å². The van der Waals surface area contributed by atoms with E-state index in [0.29, 0.717) is 12.3 Å². The fourth-order valence-corrected chi connectivity index (χ4v) is 3.28. The quantitative estimate of drug-likeness (QED) is 0.815. The van der Waals surface area contributed by atoms with E-state index in [0.717, 1.165) is 31.2 Å². The first-order valence-electron chi connectivity index (χ1n) is 7.49. The van der Waals surface area contributed by atoms with Crippen molar-refractivity contribution in [2.45, 2.75) is 57.4 Å². The van der Waals surface area contributed by atoms with Crippen molar-refractivity contribution < 1.29 is 4.79 Å². The summed E-state index contributed by atoms with van der Waals surface area (Å²) in [6.45, 7) is 3.24. The molecule has 0 aromatic heterocycles. The molecule has 0 spiro atoms. The van der Waals surface area contributed by atoms with Gasteiger partial charge < -0.3 is 10.2 Å². The van der Waals surface area contributed by atoms with Gasteiger partial charge in [0.25, 0.3) is 0 Å². The number of carbonyl (C=O) groups excluding carboxylic acids is 1. The summed E-state index contributed by atoms with van der Waals surface area (Å²) in [5.41, 5.74) is 0.0821. The van der Waals surface area contributed by atoms with E-state index in [-0.39, 0.29) is 5.54 Å². The van der Waals surface area contributed by atoms with E-state index in [1.807, 2.05) is 19.0 Å². The summed E-state index contributed by atoms with van der Waals surface area (Å²) in [6, 6.07) is 0. The Bertz CT molecular complexity index is 297. The Morgan fingerprint density at radius 2 is 1.94 bits per heavy atom. The first-order chi connectivity index (χ1) is 8.56. The highest BCUT2D eigenvalue weighted by Gasteiger charge is 2.37. The van der Waals surface area contributed by atoms with E-state index < -0.39 is 0 Å². The fourth-order valence-electron chi connectivity index (χ4n) is 3.28. The van der Waals surface area contributed by atoms with Gasteiger partial charge in [-0.25, -0.2) is 0 Å². The zero-order chi connectivity index (χ0) is 13.2. The number of rotatable bonds is 5. The summed E-state index contributed by atoms with van der Waals surface area (Å²) < 4.78 is 0.